The van der Waals surface area contributed by atoms with E-state index in [-0.39, 0.29) is 12.2 Å². The Bertz CT molecular complexity index is 505. The first kappa shape index (κ1) is 13.8. The van der Waals surface area contributed by atoms with E-state index in [1.807, 2.05) is 0 Å². The van der Waals surface area contributed by atoms with Gasteiger partial charge in [-0.15, -0.1) is 0 Å². The zero-order valence-corrected chi connectivity index (χ0v) is 9.45. The fraction of sp³-hybridized carbons (Fsp3) is 0.273. The largest absolute Gasteiger partial charge is 0.417 e. The molecule has 0 aromatic heterocycles. The molecule has 0 radical (unpaired) electrons. The van der Waals surface area contributed by atoms with Crippen molar-refractivity contribution < 1.29 is 18.0 Å². The van der Waals surface area contributed by atoms with Crippen molar-refractivity contribution in [2.45, 2.75) is 6.18 Å². The predicted molar refractivity (Wildman–Crippen MR) is 58.6 cm³/mol. The number of carbonyl (C=O) groups excluding carboxylic acids is 1. The number of amides is 1. The summed E-state index contributed by atoms with van der Waals surface area (Å²) < 4.78 is 38.0. The summed E-state index contributed by atoms with van der Waals surface area (Å²) in [6.45, 7) is -0.205. The lowest BCUT2D eigenvalue weighted by Gasteiger charge is -2.19. The van der Waals surface area contributed by atoms with E-state index in [4.69, 9.17) is 11.0 Å². The Balaban J connectivity index is 3.19. The summed E-state index contributed by atoms with van der Waals surface area (Å²) in [6.07, 6.45) is -4.62. The maximum Gasteiger partial charge on any atom is 0.417 e. The summed E-state index contributed by atoms with van der Waals surface area (Å²) in [5, 5.41) is 8.62. The van der Waals surface area contributed by atoms with E-state index >= 15 is 0 Å². The third-order valence-corrected chi connectivity index (χ3v) is 2.26. The van der Waals surface area contributed by atoms with Crippen LogP contribution in [-0.4, -0.2) is 19.5 Å². The van der Waals surface area contributed by atoms with E-state index in [9.17, 15) is 18.0 Å². The van der Waals surface area contributed by atoms with Crippen LogP contribution in [0.2, 0.25) is 0 Å². The van der Waals surface area contributed by atoms with Crippen molar-refractivity contribution in [2.24, 2.45) is 5.73 Å². The summed E-state index contributed by atoms with van der Waals surface area (Å²) in [5.74, 6) is -0.657. The van der Waals surface area contributed by atoms with Crippen LogP contribution in [0.25, 0.3) is 0 Å². The van der Waals surface area contributed by atoms with E-state index < -0.39 is 23.2 Å². The van der Waals surface area contributed by atoms with Crippen molar-refractivity contribution in [3.8, 4) is 6.07 Å². The van der Waals surface area contributed by atoms with Crippen LogP contribution in [0.5, 0.6) is 0 Å². The highest BCUT2D eigenvalue weighted by Gasteiger charge is 2.34. The minimum Gasteiger partial charge on any atom is -0.368 e. The Morgan fingerprint density at radius 2 is 2.11 bits per heavy atom. The highest BCUT2D eigenvalue weighted by molar-refractivity contribution is 5.79. The first-order valence-corrected chi connectivity index (χ1v) is 4.86. The molecule has 0 saturated carbocycles. The van der Waals surface area contributed by atoms with E-state index in [1.165, 1.54) is 24.1 Å². The molecule has 1 amide bonds. The summed E-state index contributed by atoms with van der Waals surface area (Å²) in [5.41, 5.74) is 3.63. The molecular formula is C11H10F3N3O. The summed E-state index contributed by atoms with van der Waals surface area (Å²) in [7, 11) is 1.44. The number of nitrogens with two attached hydrogens (primary N) is 1. The molecule has 0 aliphatic heterocycles. The first-order chi connectivity index (χ1) is 8.25. The number of anilines is 1. The van der Waals surface area contributed by atoms with Gasteiger partial charge in [0.1, 0.15) is 0 Å². The van der Waals surface area contributed by atoms with Gasteiger partial charge in [-0.25, -0.2) is 0 Å². The fourth-order valence-corrected chi connectivity index (χ4v) is 1.43. The minimum atomic E-state index is -4.62. The highest BCUT2D eigenvalue weighted by atomic mass is 19.4. The number of primary amides is 1. The summed E-state index contributed by atoms with van der Waals surface area (Å²) in [4.78, 5) is 12.0. The molecule has 0 spiro atoms. The zero-order valence-electron chi connectivity index (χ0n) is 9.45. The summed E-state index contributed by atoms with van der Waals surface area (Å²) in [6, 6.07) is 4.70. The van der Waals surface area contributed by atoms with Crippen LogP contribution >= 0.6 is 0 Å². The number of hydrogen-bond acceptors (Lipinski definition) is 3. The molecule has 1 aromatic rings. The number of hydrogen-bond donors (Lipinski definition) is 1. The SMILES string of the molecule is CN(CC(N)=O)c1ccc(C#N)c(C(F)(F)F)c1. The van der Waals surface area contributed by atoms with Gasteiger partial charge in [-0.2, -0.15) is 18.4 Å². The Morgan fingerprint density at radius 1 is 1.50 bits per heavy atom. The molecule has 1 rings (SSSR count). The minimum absolute atomic E-state index is 0.167. The van der Waals surface area contributed by atoms with Crippen LogP contribution < -0.4 is 10.6 Å². The van der Waals surface area contributed by atoms with Crippen LogP contribution in [0.15, 0.2) is 18.2 Å². The lowest BCUT2D eigenvalue weighted by Crippen LogP contribution is -2.30. The second-order valence-corrected chi connectivity index (χ2v) is 3.66. The van der Waals surface area contributed by atoms with Gasteiger partial charge in [0.25, 0.3) is 0 Å². The molecule has 0 atom stereocenters. The molecule has 0 aliphatic rings. The van der Waals surface area contributed by atoms with Gasteiger partial charge in [-0.05, 0) is 18.2 Å². The van der Waals surface area contributed by atoms with Gasteiger partial charge in [-0.3, -0.25) is 4.79 Å². The molecule has 18 heavy (non-hydrogen) atoms. The maximum absolute atomic E-state index is 12.7. The molecule has 0 bridgehead atoms. The van der Waals surface area contributed by atoms with Gasteiger partial charge < -0.3 is 10.6 Å². The number of rotatable bonds is 3. The normalized spacial score (nSPS) is 10.8. The number of nitrogens with zero attached hydrogens (tertiary/aromatic N) is 2. The molecule has 0 saturated heterocycles. The van der Waals surface area contributed by atoms with Crippen molar-refractivity contribution in [1.82, 2.24) is 0 Å². The number of halogens is 3. The van der Waals surface area contributed by atoms with Crippen LogP contribution in [0.1, 0.15) is 11.1 Å². The zero-order chi connectivity index (χ0) is 13.9. The van der Waals surface area contributed by atoms with Crippen LogP contribution in [0.3, 0.4) is 0 Å². The molecule has 2 N–H and O–H groups in total. The Kier molecular flexibility index (Phi) is 3.81. The van der Waals surface area contributed by atoms with Crippen molar-refractivity contribution in [1.29, 1.82) is 5.26 Å². The topological polar surface area (TPSA) is 70.1 Å². The predicted octanol–water partition coefficient (Wildman–Crippen LogP) is 1.50. The van der Waals surface area contributed by atoms with Crippen LogP contribution in [-0.2, 0) is 11.0 Å². The molecule has 1 aromatic carbocycles. The Labute approximate surface area is 101 Å². The van der Waals surface area contributed by atoms with Gasteiger partial charge in [0.05, 0.1) is 23.7 Å². The third-order valence-electron chi connectivity index (χ3n) is 2.26. The second-order valence-electron chi connectivity index (χ2n) is 3.66. The lowest BCUT2D eigenvalue weighted by atomic mass is 10.1. The van der Waals surface area contributed by atoms with E-state index in [0.29, 0.717) is 0 Å². The van der Waals surface area contributed by atoms with E-state index in [0.717, 1.165) is 12.1 Å². The molecule has 4 nitrogen and oxygen atoms in total. The van der Waals surface area contributed by atoms with Gasteiger partial charge in [0, 0.05) is 12.7 Å². The molecule has 96 valence electrons. The van der Waals surface area contributed by atoms with Crippen molar-refractivity contribution in [3.63, 3.8) is 0 Å². The summed E-state index contributed by atoms with van der Waals surface area (Å²) >= 11 is 0. The highest BCUT2D eigenvalue weighted by Crippen LogP contribution is 2.34. The number of carbonyl (C=O) groups is 1. The number of nitriles is 1. The molecule has 0 heterocycles. The van der Waals surface area contributed by atoms with E-state index in [2.05, 4.69) is 0 Å². The van der Waals surface area contributed by atoms with Crippen molar-refractivity contribution in [2.75, 3.05) is 18.5 Å². The molecular weight excluding hydrogens is 247 g/mol. The van der Waals surface area contributed by atoms with Crippen molar-refractivity contribution in [3.05, 3.63) is 29.3 Å². The molecule has 0 unspecified atom stereocenters. The number of benzene rings is 1. The van der Waals surface area contributed by atoms with E-state index in [1.54, 1.807) is 0 Å². The van der Waals surface area contributed by atoms with Crippen molar-refractivity contribution >= 4 is 11.6 Å². The maximum atomic E-state index is 12.7. The molecule has 0 aliphatic carbocycles. The second kappa shape index (κ2) is 4.96. The monoisotopic (exact) mass is 257 g/mol. The average Bonchev–Trinajstić information content (AvgIpc) is 2.26. The lowest BCUT2D eigenvalue weighted by molar-refractivity contribution is -0.137. The molecule has 7 heteroatoms. The molecule has 0 fully saturated rings. The van der Waals surface area contributed by atoms with Gasteiger partial charge >= 0.3 is 6.18 Å². The number of alkyl halides is 3. The Hall–Kier alpha value is -2.23. The quantitative estimate of drug-likeness (QED) is 0.892. The average molecular weight is 257 g/mol. The standard InChI is InChI=1S/C11H10F3N3O/c1-17(6-10(16)18)8-3-2-7(5-15)9(4-8)11(12,13)14/h2-4H,6H2,1H3,(H2,16,18). The third kappa shape index (κ3) is 3.13. The van der Waals surface area contributed by atoms with Gasteiger partial charge in [0.15, 0.2) is 0 Å². The fourth-order valence-electron chi connectivity index (χ4n) is 1.43. The van der Waals surface area contributed by atoms with Crippen LogP contribution in [0.4, 0.5) is 18.9 Å². The Morgan fingerprint density at radius 3 is 2.56 bits per heavy atom. The first-order valence-electron chi connectivity index (χ1n) is 4.86. The van der Waals surface area contributed by atoms with Crippen LogP contribution in [0, 0.1) is 11.3 Å². The smallest absolute Gasteiger partial charge is 0.368 e. The van der Waals surface area contributed by atoms with Gasteiger partial charge in [0.2, 0.25) is 5.91 Å². The number of likely N-dealkylation sites (N-methyl/N-ethyl adjacent to an activating group) is 1. The van der Waals surface area contributed by atoms with Gasteiger partial charge in [-0.1, -0.05) is 0 Å².